The molecule has 0 aromatic heterocycles. The first-order valence-corrected chi connectivity index (χ1v) is 5.35. The lowest BCUT2D eigenvalue weighted by molar-refractivity contribution is -0.384. The Morgan fingerprint density at radius 1 is 1.40 bits per heavy atom. The summed E-state index contributed by atoms with van der Waals surface area (Å²) in [5.41, 5.74) is 0.0571. The minimum absolute atomic E-state index is 0.0571. The molecule has 0 N–H and O–H groups in total. The molecule has 15 heavy (non-hydrogen) atoms. The molecule has 82 valence electrons. The molecule has 1 rings (SSSR count). The van der Waals surface area contributed by atoms with Gasteiger partial charge in [-0.15, -0.1) is 0 Å². The van der Waals surface area contributed by atoms with E-state index in [1.54, 1.807) is 12.1 Å². The van der Waals surface area contributed by atoms with Crippen LogP contribution in [0.25, 0.3) is 0 Å². The van der Waals surface area contributed by atoms with Gasteiger partial charge in [-0.3, -0.25) is 10.1 Å². The average molecular weight is 227 g/mol. The van der Waals surface area contributed by atoms with Gasteiger partial charge in [-0.1, -0.05) is 6.07 Å². The number of thiol groups is 1. The lowest BCUT2D eigenvalue weighted by Gasteiger charge is -2.04. The third-order valence-corrected chi connectivity index (χ3v) is 2.17. The first kappa shape index (κ1) is 11.8. The molecule has 0 saturated heterocycles. The van der Waals surface area contributed by atoms with E-state index in [0.29, 0.717) is 12.4 Å². The van der Waals surface area contributed by atoms with Gasteiger partial charge in [-0.25, -0.2) is 0 Å². The number of nitro benzene ring substituents is 1. The Bertz CT molecular complexity index is 330. The Hall–Kier alpha value is -1.23. The van der Waals surface area contributed by atoms with Crippen molar-refractivity contribution in [2.75, 3.05) is 12.4 Å². The summed E-state index contributed by atoms with van der Waals surface area (Å²) in [6.07, 6.45) is 1.89. The Balaban J connectivity index is 2.47. The average Bonchev–Trinajstić information content (AvgIpc) is 2.25. The Kier molecular flexibility index (Phi) is 4.97. The van der Waals surface area contributed by atoms with E-state index in [-0.39, 0.29) is 5.69 Å². The summed E-state index contributed by atoms with van der Waals surface area (Å²) in [5, 5.41) is 10.5. The molecule has 0 fully saturated rings. The first-order valence-electron chi connectivity index (χ1n) is 4.72. The summed E-state index contributed by atoms with van der Waals surface area (Å²) in [6, 6.07) is 6.21. The van der Waals surface area contributed by atoms with E-state index >= 15 is 0 Å². The molecule has 1 aromatic rings. The highest BCUT2D eigenvalue weighted by Crippen LogP contribution is 2.19. The minimum Gasteiger partial charge on any atom is -0.493 e. The van der Waals surface area contributed by atoms with Gasteiger partial charge in [0.05, 0.1) is 17.6 Å². The van der Waals surface area contributed by atoms with Crippen molar-refractivity contribution in [1.82, 2.24) is 0 Å². The summed E-state index contributed by atoms with van der Waals surface area (Å²) in [4.78, 5) is 10.0. The molecule has 0 radical (unpaired) electrons. The third-order valence-electron chi connectivity index (χ3n) is 1.85. The van der Waals surface area contributed by atoms with Crippen LogP contribution in [0.4, 0.5) is 5.69 Å². The van der Waals surface area contributed by atoms with Crippen LogP contribution in [0.1, 0.15) is 12.8 Å². The number of nitrogens with zero attached hydrogens (tertiary/aromatic N) is 1. The molecule has 0 bridgehead atoms. The van der Waals surface area contributed by atoms with Gasteiger partial charge in [-0.2, -0.15) is 12.6 Å². The zero-order valence-corrected chi connectivity index (χ0v) is 9.15. The van der Waals surface area contributed by atoms with Gasteiger partial charge >= 0.3 is 0 Å². The van der Waals surface area contributed by atoms with E-state index in [9.17, 15) is 10.1 Å². The van der Waals surface area contributed by atoms with Gasteiger partial charge in [0.2, 0.25) is 0 Å². The van der Waals surface area contributed by atoms with Gasteiger partial charge < -0.3 is 4.74 Å². The molecular formula is C10H13NO3S. The molecule has 0 spiro atoms. The van der Waals surface area contributed by atoms with Crippen LogP contribution in [0.2, 0.25) is 0 Å². The van der Waals surface area contributed by atoms with E-state index in [2.05, 4.69) is 12.6 Å². The summed E-state index contributed by atoms with van der Waals surface area (Å²) in [6.45, 7) is 0.571. The summed E-state index contributed by atoms with van der Waals surface area (Å²) in [5.74, 6) is 1.38. The van der Waals surface area contributed by atoms with Crippen molar-refractivity contribution in [1.29, 1.82) is 0 Å². The zero-order valence-electron chi connectivity index (χ0n) is 8.26. The van der Waals surface area contributed by atoms with Crippen LogP contribution in [0.3, 0.4) is 0 Å². The molecule has 0 unspecified atom stereocenters. The number of hydrogen-bond acceptors (Lipinski definition) is 4. The molecule has 0 saturated carbocycles. The highest BCUT2D eigenvalue weighted by molar-refractivity contribution is 7.80. The summed E-state index contributed by atoms with van der Waals surface area (Å²) < 4.78 is 5.36. The second-order valence-electron chi connectivity index (χ2n) is 3.03. The lowest BCUT2D eigenvalue weighted by atomic mass is 10.3. The van der Waals surface area contributed by atoms with Crippen LogP contribution >= 0.6 is 12.6 Å². The fourth-order valence-electron chi connectivity index (χ4n) is 1.09. The Labute approximate surface area is 93.8 Å². The Morgan fingerprint density at radius 2 is 2.20 bits per heavy atom. The monoisotopic (exact) mass is 227 g/mol. The molecule has 4 nitrogen and oxygen atoms in total. The maximum atomic E-state index is 10.5. The number of hydrogen-bond donors (Lipinski definition) is 1. The second-order valence-corrected chi connectivity index (χ2v) is 3.48. The number of ether oxygens (including phenoxy) is 1. The van der Waals surface area contributed by atoms with E-state index in [1.165, 1.54) is 12.1 Å². The van der Waals surface area contributed by atoms with Crippen LogP contribution in [-0.2, 0) is 0 Å². The normalized spacial score (nSPS) is 9.93. The maximum Gasteiger partial charge on any atom is 0.273 e. The molecule has 0 aliphatic heterocycles. The summed E-state index contributed by atoms with van der Waals surface area (Å²) in [7, 11) is 0. The molecule has 0 aliphatic rings. The standard InChI is InChI=1S/C10H13NO3S/c12-11(13)9-4-3-5-10(8-9)14-6-1-2-7-15/h3-5,8,15H,1-2,6-7H2. The molecule has 0 aliphatic carbocycles. The van der Waals surface area contributed by atoms with Gasteiger partial charge in [0, 0.05) is 6.07 Å². The molecule has 5 heteroatoms. The molecule has 1 aromatic carbocycles. The van der Waals surface area contributed by atoms with Crippen molar-refractivity contribution in [2.45, 2.75) is 12.8 Å². The van der Waals surface area contributed by atoms with Crippen molar-refractivity contribution in [3.8, 4) is 5.75 Å². The van der Waals surface area contributed by atoms with Gasteiger partial charge in [0.15, 0.2) is 0 Å². The first-order chi connectivity index (χ1) is 7.24. The number of benzene rings is 1. The van der Waals surface area contributed by atoms with Crippen molar-refractivity contribution in [2.24, 2.45) is 0 Å². The van der Waals surface area contributed by atoms with Crippen molar-refractivity contribution < 1.29 is 9.66 Å². The molecule has 0 atom stereocenters. The van der Waals surface area contributed by atoms with Gasteiger partial charge in [0.25, 0.3) is 5.69 Å². The van der Waals surface area contributed by atoms with Crippen molar-refractivity contribution in [3.63, 3.8) is 0 Å². The van der Waals surface area contributed by atoms with Crippen LogP contribution in [0.15, 0.2) is 24.3 Å². The van der Waals surface area contributed by atoms with E-state index < -0.39 is 4.92 Å². The van der Waals surface area contributed by atoms with Crippen molar-refractivity contribution in [3.05, 3.63) is 34.4 Å². The minimum atomic E-state index is -0.430. The fraction of sp³-hybridized carbons (Fsp3) is 0.400. The number of non-ortho nitro benzene ring substituents is 1. The van der Waals surface area contributed by atoms with Crippen LogP contribution in [-0.4, -0.2) is 17.3 Å². The SMILES string of the molecule is O=[N+]([O-])c1cccc(OCCCCS)c1. The number of nitro groups is 1. The van der Waals surface area contributed by atoms with Gasteiger partial charge in [0.1, 0.15) is 5.75 Å². The lowest BCUT2D eigenvalue weighted by Crippen LogP contribution is -1.98. The topological polar surface area (TPSA) is 52.4 Å². The predicted molar refractivity (Wildman–Crippen MR) is 61.7 cm³/mol. The van der Waals surface area contributed by atoms with Crippen LogP contribution in [0.5, 0.6) is 5.75 Å². The second kappa shape index (κ2) is 6.29. The highest BCUT2D eigenvalue weighted by atomic mass is 32.1. The van der Waals surface area contributed by atoms with E-state index in [1.807, 2.05) is 0 Å². The van der Waals surface area contributed by atoms with Crippen LogP contribution < -0.4 is 4.74 Å². The molecule has 0 amide bonds. The quantitative estimate of drug-likeness (QED) is 0.352. The maximum absolute atomic E-state index is 10.5. The predicted octanol–water partition coefficient (Wildman–Crippen LogP) is 2.68. The number of rotatable bonds is 6. The third kappa shape index (κ3) is 4.20. The van der Waals surface area contributed by atoms with E-state index in [4.69, 9.17) is 4.74 Å². The van der Waals surface area contributed by atoms with Crippen LogP contribution in [0, 0.1) is 10.1 Å². The summed E-state index contributed by atoms with van der Waals surface area (Å²) >= 11 is 4.08. The highest BCUT2D eigenvalue weighted by Gasteiger charge is 2.05. The van der Waals surface area contributed by atoms with Crippen molar-refractivity contribution >= 4 is 18.3 Å². The fourth-order valence-corrected chi connectivity index (χ4v) is 1.31. The smallest absolute Gasteiger partial charge is 0.273 e. The molecular weight excluding hydrogens is 214 g/mol. The largest absolute Gasteiger partial charge is 0.493 e. The van der Waals surface area contributed by atoms with E-state index in [0.717, 1.165) is 18.6 Å². The van der Waals surface area contributed by atoms with Gasteiger partial charge in [-0.05, 0) is 24.7 Å². The Morgan fingerprint density at radius 3 is 2.87 bits per heavy atom. The zero-order chi connectivity index (χ0) is 11.1. The molecule has 0 heterocycles. The number of unbranched alkanes of at least 4 members (excludes halogenated alkanes) is 1.